The highest BCUT2D eigenvalue weighted by molar-refractivity contribution is 6.00. The van der Waals surface area contributed by atoms with Gasteiger partial charge in [0.1, 0.15) is 6.04 Å². The third-order valence-electron chi connectivity index (χ3n) is 3.65. The van der Waals surface area contributed by atoms with Crippen LogP contribution < -0.4 is 5.32 Å². The van der Waals surface area contributed by atoms with E-state index in [1.165, 1.54) is 0 Å². The minimum Gasteiger partial charge on any atom is -0.353 e. The van der Waals surface area contributed by atoms with Crippen LogP contribution in [0.1, 0.15) is 34.0 Å². The summed E-state index contributed by atoms with van der Waals surface area (Å²) in [7, 11) is 0. The second-order valence-electron chi connectivity index (χ2n) is 5.24. The summed E-state index contributed by atoms with van der Waals surface area (Å²) in [5.41, 5.74) is 3.82. The molecule has 0 aromatic heterocycles. The number of benzene rings is 1. The number of nitrogens with zero attached hydrogens (tertiary/aromatic N) is 1. The maximum Gasteiger partial charge on any atom is 0.255 e. The predicted octanol–water partition coefficient (Wildman–Crippen LogP) is 1.57. The summed E-state index contributed by atoms with van der Waals surface area (Å²) in [5, 5.41) is 2.77. The van der Waals surface area contributed by atoms with Crippen LogP contribution in [0.3, 0.4) is 0 Å². The molecular weight excluding hydrogens is 240 g/mol. The summed E-state index contributed by atoms with van der Waals surface area (Å²) in [6.45, 7) is 8.78. The van der Waals surface area contributed by atoms with Crippen molar-refractivity contribution in [3.63, 3.8) is 0 Å². The Morgan fingerprint density at radius 3 is 2.42 bits per heavy atom. The van der Waals surface area contributed by atoms with Crippen LogP contribution in [0.2, 0.25) is 0 Å². The van der Waals surface area contributed by atoms with Crippen molar-refractivity contribution in [3.05, 3.63) is 34.4 Å². The molecule has 1 aromatic rings. The van der Waals surface area contributed by atoms with Gasteiger partial charge in [-0.1, -0.05) is 17.7 Å². The molecule has 102 valence electrons. The van der Waals surface area contributed by atoms with Crippen LogP contribution in [0, 0.1) is 20.8 Å². The van der Waals surface area contributed by atoms with Crippen LogP contribution >= 0.6 is 0 Å². The lowest BCUT2D eigenvalue weighted by molar-refractivity contribution is -0.127. The zero-order chi connectivity index (χ0) is 14.2. The molecule has 1 N–H and O–H groups in total. The number of hydrogen-bond donors (Lipinski definition) is 1. The summed E-state index contributed by atoms with van der Waals surface area (Å²) >= 11 is 0. The first kappa shape index (κ1) is 13.6. The van der Waals surface area contributed by atoms with Gasteiger partial charge in [-0.05, 0) is 38.8 Å². The topological polar surface area (TPSA) is 49.4 Å². The van der Waals surface area contributed by atoms with Crippen molar-refractivity contribution < 1.29 is 9.59 Å². The van der Waals surface area contributed by atoms with Crippen LogP contribution in [0.5, 0.6) is 0 Å². The van der Waals surface area contributed by atoms with Crippen molar-refractivity contribution in [2.75, 3.05) is 13.1 Å². The van der Waals surface area contributed by atoms with E-state index < -0.39 is 6.04 Å². The second kappa shape index (κ2) is 5.03. The van der Waals surface area contributed by atoms with Crippen molar-refractivity contribution in [1.82, 2.24) is 10.2 Å². The Hall–Kier alpha value is -1.84. The number of nitrogens with one attached hydrogen (secondary N) is 1. The Morgan fingerprint density at radius 2 is 1.84 bits per heavy atom. The fourth-order valence-corrected chi connectivity index (χ4v) is 2.72. The van der Waals surface area contributed by atoms with E-state index in [2.05, 4.69) is 5.32 Å². The van der Waals surface area contributed by atoms with Crippen molar-refractivity contribution in [3.8, 4) is 0 Å². The van der Waals surface area contributed by atoms with Gasteiger partial charge in [-0.15, -0.1) is 0 Å². The molecule has 4 nitrogen and oxygen atoms in total. The minimum atomic E-state index is -0.402. The molecule has 0 radical (unpaired) electrons. The third kappa shape index (κ3) is 2.48. The maximum atomic E-state index is 12.7. The lowest BCUT2D eigenvalue weighted by Gasteiger charge is -2.33. The lowest BCUT2D eigenvalue weighted by atomic mass is 9.98. The fourth-order valence-electron chi connectivity index (χ4n) is 2.72. The Morgan fingerprint density at radius 1 is 1.26 bits per heavy atom. The second-order valence-corrected chi connectivity index (χ2v) is 5.24. The van der Waals surface area contributed by atoms with Gasteiger partial charge in [0.2, 0.25) is 5.91 Å². The minimum absolute atomic E-state index is 0.0441. The Balaban J connectivity index is 2.37. The number of rotatable bonds is 1. The number of carbonyl (C=O) groups excluding carboxylic acids is 2. The van der Waals surface area contributed by atoms with E-state index in [0.29, 0.717) is 13.1 Å². The average molecular weight is 260 g/mol. The molecule has 1 unspecified atom stereocenters. The van der Waals surface area contributed by atoms with Gasteiger partial charge in [0.25, 0.3) is 5.91 Å². The van der Waals surface area contributed by atoms with E-state index in [9.17, 15) is 9.59 Å². The van der Waals surface area contributed by atoms with Gasteiger partial charge in [0.05, 0.1) is 0 Å². The van der Waals surface area contributed by atoms with Gasteiger partial charge >= 0.3 is 0 Å². The molecule has 0 saturated carbocycles. The van der Waals surface area contributed by atoms with Crippen LogP contribution in [-0.2, 0) is 4.79 Å². The molecule has 1 fully saturated rings. The maximum absolute atomic E-state index is 12.7. The van der Waals surface area contributed by atoms with E-state index in [1.807, 2.05) is 32.9 Å². The predicted molar refractivity (Wildman–Crippen MR) is 74.2 cm³/mol. The SMILES string of the molecule is Cc1cc(C)c(C(=O)N2CCNC(=O)C2C)c(C)c1. The van der Waals surface area contributed by atoms with Gasteiger partial charge in [-0.3, -0.25) is 9.59 Å². The zero-order valence-electron chi connectivity index (χ0n) is 11.9. The molecule has 1 heterocycles. The van der Waals surface area contributed by atoms with Gasteiger partial charge in [-0.2, -0.15) is 0 Å². The number of aryl methyl sites for hydroxylation is 3. The molecule has 19 heavy (non-hydrogen) atoms. The highest BCUT2D eigenvalue weighted by atomic mass is 16.2. The van der Waals surface area contributed by atoms with Crippen molar-refractivity contribution in [2.24, 2.45) is 0 Å². The molecule has 0 aliphatic carbocycles. The Kier molecular flexibility index (Phi) is 3.60. The van der Waals surface area contributed by atoms with Gasteiger partial charge in [-0.25, -0.2) is 0 Å². The number of carbonyl (C=O) groups is 2. The van der Waals surface area contributed by atoms with E-state index in [4.69, 9.17) is 0 Å². The smallest absolute Gasteiger partial charge is 0.255 e. The highest BCUT2D eigenvalue weighted by Crippen LogP contribution is 2.20. The van der Waals surface area contributed by atoms with Crippen molar-refractivity contribution in [2.45, 2.75) is 33.7 Å². The number of piperazine rings is 1. The molecule has 0 spiro atoms. The lowest BCUT2D eigenvalue weighted by Crippen LogP contribution is -2.56. The molecule has 1 atom stereocenters. The first-order valence-corrected chi connectivity index (χ1v) is 6.58. The van der Waals surface area contributed by atoms with Crippen LogP contribution in [0.15, 0.2) is 12.1 Å². The summed E-state index contributed by atoms with van der Waals surface area (Å²) in [6, 6.07) is 3.62. The Labute approximate surface area is 113 Å². The number of hydrogen-bond acceptors (Lipinski definition) is 2. The average Bonchev–Trinajstić information content (AvgIpc) is 2.31. The van der Waals surface area contributed by atoms with E-state index in [1.54, 1.807) is 11.8 Å². The largest absolute Gasteiger partial charge is 0.353 e. The highest BCUT2D eigenvalue weighted by Gasteiger charge is 2.31. The fraction of sp³-hybridized carbons (Fsp3) is 0.467. The normalized spacial score (nSPS) is 19.3. The molecule has 2 rings (SSSR count). The summed E-state index contributed by atoms with van der Waals surface area (Å²) in [6.07, 6.45) is 0. The standard InChI is InChI=1S/C15H20N2O2/c1-9-7-10(2)13(11(3)8-9)15(19)17-6-5-16-14(18)12(17)4/h7-8,12H,5-6H2,1-4H3,(H,16,18). The van der Waals surface area contributed by atoms with Crippen molar-refractivity contribution in [1.29, 1.82) is 0 Å². The summed E-state index contributed by atoms with van der Waals surface area (Å²) in [5.74, 6) is -0.126. The van der Waals surface area contributed by atoms with Crippen LogP contribution in [-0.4, -0.2) is 35.8 Å². The number of amides is 2. The monoisotopic (exact) mass is 260 g/mol. The summed E-state index contributed by atoms with van der Waals surface area (Å²) < 4.78 is 0. The third-order valence-corrected chi connectivity index (χ3v) is 3.65. The van der Waals surface area contributed by atoms with Crippen molar-refractivity contribution >= 4 is 11.8 Å². The Bertz CT molecular complexity index is 514. The molecule has 1 saturated heterocycles. The molecule has 1 aliphatic heterocycles. The van der Waals surface area contributed by atoms with Crippen LogP contribution in [0.4, 0.5) is 0 Å². The van der Waals surface area contributed by atoms with E-state index >= 15 is 0 Å². The first-order valence-electron chi connectivity index (χ1n) is 6.58. The van der Waals surface area contributed by atoms with E-state index in [0.717, 1.165) is 22.3 Å². The van der Waals surface area contributed by atoms with E-state index in [-0.39, 0.29) is 11.8 Å². The van der Waals surface area contributed by atoms with Crippen LogP contribution in [0.25, 0.3) is 0 Å². The quantitative estimate of drug-likeness (QED) is 0.833. The molecule has 1 aliphatic rings. The molecular formula is C15H20N2O2. The molecule has 2 amide bonds. The zero-order valence-corrected chi connectivity index (χ0v) is 11.9. The molecule has 4 heteroatoms. The first-order chi connectivity index (χ1) is 8.91. The molecule has 1 aromatic carbocycles. The van der Waals surface area contributed by atoms with Gasteiger partial charge < -0.3 is 10.2 Å². The molecule has 0 bridgehead atoms. The van der Waals surface area contributed by atoms with Gasteiger partial charge in [0, 0.05) is 18.7 Å². The van der Waals surface area contributed by atoms with Gasteiger partial charge in [0.15, 0.2) is 0 Å². The summed E-state index contributed by atoms with van der Waals surface area (Å²) in [4.78, 5) is 26.0.